The molecule has 0 spiro atoms. The minimum absolute atomic E-state index is 0.0367. The van der Waals surface area contributed by atoms with Crippen molar-refractivity contribution in [2.45, 2.75) is 13.8 Å². The number of para-hydroxylation sites is 2. The molecule has 0 fully saturated rings. The van der Waals surface area contributed by atoms with Crippen LogP contribution in [0.1, 0.15) is 11.1 Å². The van der Waals surface area contributed by atoms with Gasteiger partial charge in [0.2, 0.25) is 5.88 Å². The molecular formula is C26H18F2N2O2. The van der Waals surface area contributed by atoms with Gasteiger partial charge >= 0.3 is 0 Å². The van der Waals surface area contributed by atoms with Crippen LogP contribution < -0.4 is 10.2 Å². The van der Waals surface area contributed by atoms with Crippen LogP contribution in [0.3, 0.4) is 0 Å². The summed E-state index contributed by atoms with van der Waals surface area (Å²) in [5.74, 6) is -1.59. The number of H-pyrrole nitrogens is 1. The van der Waals surface area contributed by atoms with Crippen molar-refractivity contribution in [3.05, 3.63) is 99.7 Å². The summed E-state index contributed by atoms with van der Waals surface area (Å²) in [4.78, 5) is 21.0. The minimum Gasteiger partial charge on any atom is -0.438 e. The van der Waals surface area contributed by atoms with E-state index >= 15 is 0 Å². The van der Waals surface area contributed by atoms with Crippen LogP contribution in [0.4, 0.5) is 8.78 Å². The summed E-state index contributed by atoms with van der Waals surface area (Å²) in [6.07, 6.45) is 0. The van der Waals surface area contributed by atoms with Crippen molar-refractivity contribution in [1.82, 2.24) is 9.97 Å². The molecule has 0 atom stereocenters. The van der Waals surface area contributed by atoms with Gasteiger partial charge in [0.15, 0.2) is 17.1 Å². The van der Waals surface area contributed by atoms with E-state index in [9.17, 15) is 13.6 Å². The van der Waals surface area contributed by atoms with E-state index in [-0.39, 0.29) is 22.6 Å². The highest BCUT2D eigenvalue weighted by Crippen LogP contribution is 2.36. The quantitative estimate of drug-likeness (QED) is 0.360. The van der Waals surface area contributed by atoms with Crippen molar-refractivity contribution in [2.75, 3.05) is 0 Å². The monoisotopic (exact) mass is 428 g/mol. The maximum Gasteiger partial charge on any atom is 0.229 e. The van der Waals surface area contributed by atoms with Gasteiger partial charge in [-0.05, 0) is 50.2 Å². The number of hydrogen-bond donors (Lipinski definition) is 1. The van der Waals surface area contributed by atoms with Crippen LogP contribution in [0, 0.1) is 25.5 Å². The third kappa shape index (κ3) is 3.21. The molecule has 5 aromatic rings. The highest BCUT2D eigenvalue weighted by molar-refractivity contribution is 5.89. The first kappa shape index (κ1) is 19.9. The van der Waals surface area contributed by atoms with Crippen molar-refractivity contribution in [3.8, 4) is 22.9 Å². The topological polar surface area (TPSA) is 55.0 Å². The standard InChI is InChI=1S/C26H18F2N2O2/c1-14-22(12-11-19(27)23(14)28)32-26-18(13-16-7-3-5-9-20(16)30-26)24-15(2)25(31)17-8-4-6-10-21(17)29-24/h3-13H,1-2H3,(H,29,31). The van der Waals surface area contributed by atoms with Gasteiger partial charge in [0.1, 0.15) is 5.75 Å². The Morgan fingerprint density at radius 2 is 1.66 bits per heavy atom. The third-order valence-electron chi connectivity index (χ3n) is 5.60. The number of ether oxygens (including phenoxy) is 1. The Bertz CT molecular complexity index is 1570. The zero-order valence-electron chi connectivity index (χ0n) is 17.4. The molecule has 5 rings (SSSR count). The van der Waals surface area contributed by atoms with Crippen LogP contribution in [0.5, 0.6) is 11.6 Å². The van der Waals surface area contributed by atoms with Gasteiger partial charge < -0.3 is 9.72 Å². The van der Waals surface area contributed by atoms with Gasteiger partial charge in [-0.15, -0.1) is 0 Å². The molecule has 0 aliphatic rings. The smallest absolute Gasteiger partial charge is 0.229 e. The molecule has 0 aliphatic heterocycles. The maximum absolute atomic E-state index is 14.1. The number of nitrogens with one attached hydrogen (secondary N) is 1. The van der Waals surface area contributed by atoms with Crippen LogP contribution in [-0.2, 0) is 0 Å². The number of nitrogens with zero attached hydrogens (tertiary/aromatic N) is 1. The molecule has 0 saturated carbocycles. The lowest BCUT2D eigenvalue weighted by molar-refractivity contribution is 0.444. The van der Waals surface area contributed by atoms with E-state index in [1.165, 1.54) is 13.0 Å². The van der Waals surface area contributed by atoms with Crippen LogP contribution >= 0.6 is 0 Å². The first-order chi connectivity index (χ1) is 15.4. The SMILES string of the molecule is Cc1c(Oc2nc3ccccc3cc2-c2[nH]c3ccccc3c(=O)c2C)ccc(F)c1F. The summed E-state index contributed by atoms with van der Waals surface area (Å²) >= 11 is 0. The molecule has 3 aromatic carbocycles. The molecule has 1 N–H and O–H groups in total. The molecule has 0 unspecified atom stereocenters. The number of aromatic amines is 1. The molecule has 0 saturated heterocycles. The molecule has 0 bridgehead atoms. The first-order valence-electron chi connectivity index (χ1n) is 10.1. The molecule has 0 aliphatic carbocycles. The zero-order valence-corrected chi connectivity index (χ0v) is 17.4. The minimum atomic E-state index is -0.972. The number of halogens is 2. The van der Waals surface area contributed by atoms with Gasteiger partial charge in [0.05, 0.1) is 16.8 Å². The number of aromatic nitrogens is 2. The molecular weight excluding hydrogens is 410 g/mol. The van der Waals surface area contributed by atoms with Gasteiger partial charge in [-0.25, -0.2) is 13.8 Å². The van der Waals surface area contributed by atoms with Gasteiger partial charge in [0.25, 0.3) is 0 Å². The Labute approximate surface area is 182 Å². The summed E-state index contributed by atoms with van der Waals surface area (Å²) in [7, 11) is 0. The van der Waals surface area contributed by atoms with Crippen LogP contribution in [0.25, 0.3) is 33.1 Å². The fourth-order valence-corrected chi connectivity index (χ4v) is 3.81. The van der Waals surface area contributed by atoms with Crippen LogP contribution in [0.2, 0.25) is 0 Å². The predicted molar refractivity (Wildman–Crippen MR) is 121 cm³/mol. The number of rotatable bonds is 3. The van der Waals surface area contributed by atoms with Gasteiger partial charge in [-0.2, -0.15) is 0 Å². The highest BCUT2D eigenvalue weighted by atomic mass is 19.2. The average molecular weight is 428 g/mol. The Hall–Kier alpha value is -4.06. The second kappa shape index (κ2) is 7.57. The Morgan fingerprint density at radius 3 is 2.50 bits per heavy atom. The number of fused-ring (bicyclic) bond motifs is 2. The zero-order chi connectivity index (χ0) is 22.4. The largest absolute Gasteiger partial charge is 0.438 e. The van der Waals surface area contributed by atoms with Crippen LogP contribution in [0.15, 0.2) is 71.5 Å². The van der Waals surface area contributed by atoms with Crippen molar-refractivity contribution >= 4 is 21.8 Å². The lowest BCUT2D eigenvalue weighted by atomic mass is 10.0. The normalized spacial score (nSPS) is 11.2. The fraction of sp³-hybridized carbons (Fsp3) is 0.0769. The Balaban J connectivity index is 1.78. The molecule has 0 amide bonds. The molecule has 2 heterocycles. The molecule has 158 valence electrons. The number of hydrogen-bond acceptors (Lipinski definition) is 3. The summed E-state index contributed by atoms with van der Waals surface area (Å²) in [6.45, 7) is 3.18. The van der Waals surface area contributed by atoms with Gasteiger partial charge in [0, 0.05) is 27.4 Å². The van der Waals surface area contributed by atoms with E-state index in [2.05, 4.69) is 9.97 Å². The van der Waals surface area contributed by atoms with Gasteiger partial charge in [-0.1, -0.05) is 30.3 Å². The van der Waals surface area contributed by atoms with E-state index in [1.54, 1.807) is 13.0 Å². The fourth-order valence-electron chi connectivity index (χ4n) is 3.81. The first-order valence-corrected chi connectivity index (χ1v) is 10.1. The Kier molecular flexibility index (Phi) is 4.70. The number of pyridine rings is 2. The second-order valence-electron chi connectivity index (χ2n) is 7.62. The van der Waals surface area contributed by atoms with Crippen molar-refractivity contribution < 1.29 is 13.5 Å². The van der Waals surface area contributed by atoms with E-state index in [4.69, 9.17) is 4.74 Å². The lowest BCUT2D eigenvalue weighted by Gasteiger charge is -2.16. The van der Waals surface area contributed by atoms with E-state index in [0.717, 1.165) is 11.5 Å². The maximum atomic E-state index is 14.1. The second-order valence-corrected chi connectivity index (χ2v) is 7.62. The van der Waals surface area contributed by atoms with Crippen molar-refractivity contribution in [3.63, 3.8) is 0 Å². The molecule has 32 heavy (non-hydrogen) atoms. The third-order valence-corrected chi connectivity index (χ3v) is 5.60. The molecule has 6 heteroatoms. The lowest BCUT2D eigenvalue weighted by Crippen LogP contribution is -2.10. The summed E-state index contributed by atoms with van der Waals surface area (Å²) in [5, 5.41) is 1.44. The van der Waals surface area contributed by atoms with Crippen LogP contribution in [-0.4, -0.2) is 9.97 Å². The van der Waals surface area contributed by atoms with E-state index in [0.29, 0.717) is 33.2 Å². The highest BCUT2D eigenvalue weighted by Gasteiger charge is 2.19. The predicted octanol–water partition coefficient (Wildman–Crippen LogP) is 6.43. The molecule has 4 nitrogen and oxygen atoms in total. The van der Waals surface area contributed by atoms with Gasteiger partial charge in [-0.3, -0.25) is 4.79 Å². The summed E-state index contributed by atoms with van der Waals surface area (Å²) in [5.41, 5.74) is 2.91. The molecule has 0 radical (unpaired) electrons. The summed E-state index contributed by atoms with van der Waals surface area (Å²) < 4.78 is 33.8. The average Bonchev–Trinajstić information content (AvgIpc) is 2.81. The molecule has 2 aromatic heterocycles. The van der Waals surface area contributed by atoms with Crippen molar-refractivity contribution in [1.29, 1.82) is 0 Å². The summed E-state index contributed by atoms with van der Waals surface area (Å²) in [6, 6.07) is 19.0. The van der Waals surface area contributed by atoms with E-state index in [1.807, 2.05) is 48.5 Å². The Morgan fingerprint density at radius 1 is 0.906 bits per heavy atom. The number of benzene rings is 3. The van der Waals surface area contributed by atoms with Crippen molar-refractivity contribution in [2.24, 2.45) is 0 Å². The van der Waals surface area contributed by atoms with E-state index < -0.39 is 11.6 Å².